The monoisotopic (exact) mass is 382 g/mol. The van der Waals surface area contributed by atoms with Gasteiger partial charge in [-0.15, -0.1) is 0 Å². The first-order valence-electron chi connectivity index (χ1n) is 9.10. The van der Waals surface area contributed by atoms with Crippen LogP contribution in [0.2, 0.25) is 5.02 Å². The molecule has 26 heavy (non-hydrogen) atoms. The number of hydrogen-bond acceptors (Lipinski definition) is 5. The molecule has 0 saturated carbocycles. The van der Waals surface area contributed by atoms with E-state index >= 15 is 0 Å². The highest BCUT2D eigenvalue weighted by Gasteiger charge is 2.26. The zero-order valence-electron chi connectivity index (χ0n) is 16.3. The van der Waals surface area contributed by atoms with Gasteiger partial charge in [-0.3, -0.25) is 9.80 Å². The number of benzene rings is 1. The summed E-state index contributed by atoms with van der Waals surface area (Å²) in [6.07, 6.45) is 3.04. The molecule has 0 spiro atoms. The fraction of sp³-hybridized carbons (Fsp3) is 0.600. The number of ether oxygens (including phenoxy) is 2. The third kappa shape index (κ3) is 5.36. The summed E-state index contributed by atoms with van der Waals surface area (Å²) < 4.78 is 10.7. The highest BCUT2D eigenvalue weighted by molar-refractivity contribution is 6.33. The van der Waals surface area contributed by atoms with Gasteiger partial charge in [-0.25, -0.2) is 0 Å². The van der Waals surface area contributed by atoms with E-state index in [1.807, 2.05) is 12.1 Å². The van der Waals surface area contributed by atoms with Gasteiger partial charge in [0.05, 0.1) is 19.2 Å². The minimum absolute atomic E-state index is 0.209. The van der Waals surface area contributed by atoms with E-state index in [1.54, 1.807) is 14.2 Å². The molecule has 1 saturated heterocycles. The molecule has 1 aliphatic rings. The molecular weight excluding hydrogens is 352 g/mol. The molecule has 1 heterocycles. The number of aliphatic hydroxyl groups excluding tert-OH is 1. The highest BCUT2D eigenvalue weighted by Crippen LogP contribution is 2.37. The second kappa shape index (κ2) is 10.2. The number of aliphatic hydroxyl groups is 1. The molecule has 1 aliphatic heterocycles. The summed E-state index contributed by atoms with van der Waals surface area (Å²) in [6, 6.07) is 4.25. The molecule has 0 bridgehead atoms. The third-order valence-corrected chi connectivity index (χ3v) is 5.26. The maximum atomic E-state index is 9.45. The molecular formula is C20H31ClN2O3. The predicted molar refractivity (Wildman–Crippen MR) is 106 cm³/mol. The van der Waals surface area contributed by atoms with Crippen LogP contribution in [0.15, 0.2) is 23.8 Å². The Kier molecular flexibility index (Phi) is 8.22. The van der Waals surface area contributed by atoms with Gasteiger partial charge in [0, 0.05) is 45.4 Å². The second-order valence-corrected chi connectivity index (χ2v) is 7.33. The SMILES string of the molecule is COc1ccc(CN2CCN(CC=C(C)C)C(CCO)C2)c(Cl)c1OC. The van der Waals surface area contributed by atoms with Crippen molar-refractivity contribution in [3.63, 3.8) is 0 Å². The quantitative estimate of drug-likeness (QED) is 0.699. The third-order valence-electron chi connectivity index (χ3n) is 4.84. The summed E-state index contributed by atoms with van der Waals surface area (Å²) in [6.45, 7) is 9.04. The minimum Gasteiger partial charge on any atom is -0.493 e. The van der Waals surface area contributed by atoms with Gasteiger partial charge in [0.2, 0.25) is 0 Å². The Balaban J connectivity index is 2.08. The number of allylic oxidation sites excluding steroid dienone is 1. The smallest absolute Gasteiger partial charge is 0.179 e. The Morgan fingerprint density at radius 2 is 2.04 bits per heavy atom. The first kappa shape index (κ1) is 21.0. The van der Waals surface area contributed by atoms with Crippen molar-refractivity contribution >= 4 is 11.6 Å². The number of nitrogens with zero attached hydrogens (tertiary/aromatic N) is 2. The Morgan fingerprint density at radius 3 is 2.65 bits per heavy atom. The molecule has 146 valence electrons. The molecule has 1 aromatic carbocycles. The van der Waals surface area contributed by atoms with Crippen molar-refractivity contribution in [1.82, 2.24) is 9.80 Å². The Morgan fingerprint density at radius 1 is 1.27 bits per heavy atom. The molecule has 5 nitrogen and oxygen atoms in total. The Bertz CT molecular complexity index is 617. The molecule has 6 heteroatoms. The van der Waals surface area contributed by atoms with Crippen LogP contribution in [0, 0.1) is 0 Å². The van der Waals surface area contributed by atoms with E-state index < -0.39 is 0 Å². The van der Waals surface area contributed by atoms with Crippen LogP contribution in [-0.2, 0) is 6.54 Å². The normalized spacial score (nSPS) is 18.6. The minimum atomic E-state index is 0.209. The van der Waals surface area contributed by atoms with Crippen LogP contribution < -0.4 is 9.47 Å². The molecule has 0 aliphatic carbocycles. The number of piperazine rings is 1. The van der Waals surface area contributed by atoms with Crippen molar-refractivity contribution < 1.29 is 14.6 Å². The molecule has 0 radical (unpaired) electrons. The van der Waals surface area contributed by atoms with Crippen molar-refractivity contribution in [3.8, 4) is 11.5 Å². The van der Waals surface area contributed by atoms with Crippen molar-refractivity contribution in [2.45, 2.75) is 32.9 Å². The van der Waals surface area contributed by atoms with Gasteiger partial charge in [-0.05, 0) is 31.9 Å². The average Bonchev–Trinajstić information content (AvgIpc) is 2.62. The van der Waals surface area contributed by atoms with E-state index in [0.29, 0.717) is 22.6 Å². The molecule has 1 atom stereocenters. The van der Waals surface area contributed by atoms with Crippen LogP contribution in [0.1, 0.15) is 25.8 Å². The van der Waals surface area contributed by atoms with E-state index in [0.717, 1.165) is 44.7 Å². The largest absolute Gasteiger partial charge is 0.493 e. The summed E-state index contributed by atoms with van der Waals surface area (Å²) in [5.41, 5.74) is 2.36. The lowest BCUT2D eigenvalue weighted by Gasteiger charge is -2.41. The van der Waals surface area contributed by atoms with E-state index in [9.17, 15) is 5.11 Å². The standard InChI is InChI=1S/C20H31ClN2O3/c1-15(2)7-9-23-11-10-22(14-17(23)8-12-24)13-16-5-6-18(25-3)20(26-4)19(16)21/h5-7,17,24H,8-14H2,1-4H3. The summed E-state index contributed by atoms with van der Waals surface area (Å²) >= 11 is 6.53. The molecule has 1 N–H and O–H groups in total. The van der Waals surface area contributed by atoms with E-state index in [2.05, 4.69) is 29.7 Å². The van der Waals surface area contributed by atoms with Crippen LogP contribution in [0.3, 0.4) is 0 Å². The van der Waals surface area contributed by atoms with Crippen LogP contribution in [0.25, 0.3) is 0 Å². The average molecular weight is 383 g/mol. The van der Waals surface area contributed by atoms with Gasteiger partial charge in [-0.1, -0.05) is 29.3 Å². The lowest BCUT2D eigenvalue weighted by Crippen LogP contribution is -2.53. The van der Waals surface area contributed by atoms with Crippen LogP contribution in [0.4, 0.5) is 0 Å². The number of halogens is 1. The Hall–Kier alpha value is -1.27. The van der Waals surface area contributed by atoms with Crippen molar-refractivity contribution in [2.24, 2.45) is 0 Å². The molecule has 1 fully saturated rings. The first-order valence-corrected chi connectivity index (χ1v) is 9.47. The van der Waals surface area contributed by atoms with Gasteiger partial charge in [0.15, 0.2) is 11.5 Å². The summed E-state index contributed by atoms with van der Waals surface area (Å²) in [5.74, 6) is 1.23. The molecule has 2 rings (SSSR count). The lowest BCUT2D eigenvalue weighted by molar-refractivity contribution is 0.0636. The van der Waals surface area contributed by atoms with Gasteiger partial charge in [-0.2, -0.15) is 0 Å². The fourth-order valence-corrected chi connectivity index (χ4v) is 3.65. The van der Waals surface area contributed by atoms with Gasteiger partial charge < -0.3 is 14.6 Å². The zero-order chi connectivity index (χ0) is 19.1. The number of rotatable bonds is 8. The maximum absolute atomic E-state index is 9.45. The van der Waals surface area contributed by atoms with Gasteiger partial charge in [0.25, 0.3) is 0 Å². The number of hydrogen-bond donors (Lipinski definition) is 1. The molecule has 1 unspecified atom stereocenters. The summed E-state index contributed by atoms with van der Waals surface area (Å²) in [4.78, 5) is 4.85. The first-order chi connectivity index (χ1) is 12.5. The van der Waals surface area contributed by atoms with Crippen LogP contribution in [-0.4, -0.2) is 68.0 Å². The topological polar surface area (TPSA) is 45.2 Å². The zero-order valence-corrected chi connectivity index (χ0v) is 17.1. The fourth-order valence-electron chi connectivity index (χ4n) is 3.36. The van der Waals surface area contributed by atoms with Gasteiger partial charge >= 0.3 is 0 Å². The van der Waals surface area contributed by atoms with Crippen molar-refractivity contribution in [3.05, 3.63) is 34.4 Å². The second-order valence-electron chi connectivity index (χ2n) is 6.95. The number of methoxy groups -OCH3 is 2. The van der Waals surface area contributed by atoms with E-state index in [4.69, 9.17) is 21.1 Å². The molecule has 0 amide bonds. The maximum Gasteiger partial charge on any atom is 0.179 e. The van der Waals surface area contributed by atoms with Gasteiger partial charge in [0.1, 0.15) is 0 Å². The Labute approximate surface area is 162 Å². The molecule has 0 aromatic heterocycles. The summed E-state index contributed by atoms with van der Waals surface area (Å²) in [5, 5.41) is 10.1. The van der Waals surface area contributed by atoms with Crippen molar-refractivity contribution in [1.29, 1.82) is 0 Å². The van der Waals surface area contributed by atoms with Crippen LogP contribution in [0.5, 0.6) is 11.5 Å². The van der Waals surface area contributed by atoms with E-state index in [-0.39, 0.29) is 6.61 Å². The predicted octanol–water partition coefficient (Wildman–Crippen LogP) is 3.19. The van der Waals surface area contributed by atoms with Crippen LogP contribution >= 0.6 is 11.6 Å². The lowest BCUT2D eigenvalue weighted by atomic mass is 10.1. The highest BCUT2D eigenvalue weighted by atomic mass is 35.5. The summed E-state index contributed by atoms with van der Waals surface area (Å²) in [7, 11) is 3.21. The van der Waals surface area contributed by atoms with E-state index in [1.165, 1.54) is 5.57 Å². The molecule has 1 aromatic rings. The van der Waals surface area contributed by atoms with Crippen molar-refractivity contribution in [2.75, 3.05) is 47.0 Å².